The molecule has 0 atom stereocenters. The van der Waals surface area contributed by atoms with Crippen molar-refractivity contribution < 1.29 is 18.3 Å². The summed E-state index contributed by atoms with van der Waals surface area (Å²) in [5.74, 6) is 2.79. The van der Waals surface area contributed by atoms with Crippen LogP contribution in [0.3, 0.4) is 0 Å². The van der Waals surface area contributed by atoms with Crippen LogP contribution in [0.2, 0.25) is 0 Å². The second-order valence-electron chi connectivity index (χ2n) is 21.3. The first kappa shape index (κ1) is 41.8. The molecule has 344 valence electrons. The maximum atomic E-state index is 7.17. The van der Waals surface area contributed by atoms with Gasteiger partial charge < -0.3 is 28.5 Å². The van der Waals surface area contributed by atoms with Gasteiger partial charge in [0.25, 0.3) is 0 Å². The molecular weight excluding hydrogens is 872 g/mol. The maximum Gasteiger partial charge on any atom is 0.198 e. The molecule has 0 radical (unpaired) electrons. The van der Waals surface area contributed by atoms with Crippen LogP contribution >= 0.6 is 0 Å². The molecule has 4 heterocycles. The normalized spacial score (nSPS) is 15.0. The van der Waals surface area contributed by atoms with Gasteiger partial charge in [-0.25, -0.2) is 0 Å². The Morgan fingerprint density at radius 3 is 1.87 bits per heavy atom. The minimum atomic E-state index is -0.0156. The van der Waals surface area contributed by atoms with Gasteiger partial charge in [0, 0.05) is 67.1 Å². The fourth-order valence-electron chi connectivity index (χ4n) is 11.9. The summed E-state index contributed by atoms with van der Waals surface area (Å²) >= 11 is 0. The van der Waals surface area contributed by atoms with Crippen molar-refractivity contribution in [1.82, 2.24) is 0 Å². The molecule has 11 aromatic rings. The predicted molar refractivity (Wildman–Crippen MR) is 294 cm³/mol. The Hall–Kier alpha value is -8.16. The van der Waals surface area contributed by atoms with Gasteiger partial charge in [-0.1, -0.05) is 136 Å². The summed E-state index contributed by atoms with van der Waals surface area (Å²) in [5.41, 5.74) is 20.2. The number of hydrogen-bond donors (Lipinski definition) is 1. The summed E-state index contributed by atoms with van der Waals surface area (Å²) in [6.45, 7) is 14.1. The Bertz CT molecular complexity index is 4050. The second kappa shape index (κ2) is 15.2. The molecule has 2 aliphatic heterocycles. The van der Waals surface area contributed by atoms with E-state index in [1.54, 1.807) is 0 Å². The minimum Gasteiger partial charge on any atom is -0.455 e. The number of ether oxygens (including phenoxy) is 2. The first-order valence-electron chi connectivity index (χ1n) is 24.9. The van der Waals surface area contributed by atoms with E-state index >= 15 is 0 Å². The van der Waals surface area contributed by atoms with E-state index in [1.807, 2.05) is 30.3 Å². The number of nitrogens with one attached hydrogen (secondary N) is 1. The van der Waals surface area contributed by atoms with E-state index in [-0.39, 0.29) is 10.8 Å². The van der Waals surface area contributed by atoms with Gasteiger partial charge in [0.15, 0.2) is 35.9 Å². The number of furan rings is 2. The SMILES string of the molecule is Cc1ccc(Nc2c(-c3c4c(cc5c3oc3ccccc35)N(c3cc5c(cc3C)C(C)(C)CCC5(C)C)c3cc5c(cc3B4)Oc3ccccc3O5)ccc3c2oc2ccccc23)c(-c2ccccc2)c1. The molecule has 14 rings (SSSR count). The van der Waals surface area contributed by atoms with Gasteiger partial charge in [-0.2, -0.15) is 0 Å². The van der Waals surface area contributed by atoms with Gasteiger partial charge in [-0.3, -0.25) is 0 Å². The molecule has 3 aliphatic rings. The van der Waals surface area contributed by atoms with Crippen LogP contribution in [-0.4, -0.2) is 7.28 Å². The molecule has 0 bridgehead atoms. The average molecular weight is 923 g/mol. The van der Waals surface area contributed by atoms with Crippen LogP contribution in [0, 0.1) is 13.8 Å². The van der Waals surface area contributed by atoms with E-state index in [9.17, 15) is 0 Å². The Morgan fingerprint density at radius 1 is 0.507 bits per heavy atom. The number of benzene rings is 9. The molecule has 1 aliphatic carbocycles. The zero-order chi connectivity index (χ0) is 47.9. The molecule has 2 aromatic heterocycles. The van der Waals surface area contributed by atoms with Crippen LogP contribution in [0.5, 0.6) is 23.0 Å². The van der Waals surface area contributed by atoms with Crippen LogP contribution in [0.15, 0.2) is 173 Å². The lowest BCUT2D eigenvalue weighted by Gasteiger charge is -2.44. The molecule has 71 heavy (non-hydrogen) atoms. The van der Waals surface area contributed by atoms with Crippen molar-refractivity contribution in [3.63, 3.8) is 0 Å². The van der Waals surface area contributed by atoms with E-state index in [4.69, 9.17) is 18.3 Å². The van der Waals surface area contributed by atoms with Crippen molar-refractivity contribution in [1.29, 1.82) is 0 Å². The summed E-state index contributed by atoms with van der Waals surface area (Å²) in [4.78, 5) is 2.51. The van der Waals surface area contributed by atoms with Gasteiger partial charge in [-0.15, -0.1) is 0 Å². The number of para-hydroxylation sites is 4. The van der Waals surface area contributed by atoms with Crippen LogP contribution in [-0.2, 0) is 10.8 Å². The van der Waals surface area contributed by atoms with E-state index < -0.39 is 0 Å². The fourth-order valence-corrected chi connectivity index (χ4v) is 11.9. The van der Waals surface area contributed by atoms with Crippen LogP contribution in [0.4, 0.5) is 28.4 Å². The third-order valence-electron chi connectivity index (χ3n) is 15.8. The smallest absolute Gasteiger partial charge is 0.198 e. The van der Waals surface area contributed by atoms with Crippen molar-refractivity contribution in [2.75, 3.05) is 10.2 Å². The molecule has 0 spiro atoms. The zero-order valence-electron chi connectivity index (χ0n) is 40.8. The van der Waals surface area contributed by atoms with Crippen LogP contribution < -0.4 is 30.6 Å². The standard InChI is InChI=1S/C64H51BN2O4/c1-36-24-27-48(43(30-36)38-16-8-7-9-17-38)66-60-42(26-25-41-39-18-10-12-20-52(39)71-62(41)60)58-59-51(32-44-40-19-11-13-21-53(40)70-61(44)58)67(49-33-46-45(31-37(49)2)63(3,4)28-29-64(46,5)6)50-35-57-56(34-47(50)65-59)68-54-22-14-15-23-55(54)69-57/h7-27,30-35,65-66H,28-29H2,1-6H3. The number of nitrogens with zero attached hydrogens (tertiary/aromatic N) is 1. The fraction of sp³-hybridized carbons (Fsp3) is 0.156. The van der Waals surface area contributed by atoms with E-state index in [0.29, 0.717) is 30.3 Å². The Labute approximate surface area is 413 Å². The number of fused-ring (bicyclic) bond motifs is 11. The number of anilines is 5. The lowest BCUT2D eigenvalue weighted by atomic mass is 9.57. The lowest BCUT2D eigenvalue weighted by Crippen LogP contribution is -2.41. The molecule has 0 saturated heterocycles. The van der Waals surface area contributed by atoms with Gasteiger partial charge in [-0.05, 0) is 126 Å². The minimum absolute atomic E-state index is 0.0156. The molecule has 7 heteroatoms. The second-order valence-corrected chi connectivity index (χ2v) is 21.3. The van der Waals surface area contributed by atoms with Crippen molar-refractivity contribution >= 4 is 90.5 Å². The highest BCUT2D eigenvalue weighted by Gasteiger charge is 2.40. The number of aryl methyl sites for hydroxylation is 2. The van der Waals surface area contributed by atoms with E-state index in [0.717, 1.165) is 118 Å². The van der Waals surface area contributed by atoms with Crippen molar-refractivity contribution in [3.8, 4) is 45.3 Å². The summed E-state index contributed by atoms with van der Waals surface area (Å²) in [6.07, 6.45) is 2.25. The summed E-state index contributed by atoms with van der Waals surface area (Å²) in [6, 6.07) is 58.2. The van der Waals surface area contributed by atoms with Crippen molar-refractivity contribution in [3.05, 3.63) is 186 Å². The molecule has 0 unspecified atom stereocenters. The summed E-state index contributed by atoms with van der Waals surface area (Å²) in [7, 11) is 0.599. The maximum absolute atomic E-state index is 7.17. The zero-order valence-corrected chi connectivity index (χ0v) is 40.8. The molecule has 0 fully saturated rings. The molecule has 1 N–H and O–H groups in total. The monoisotopic (exact) mass is 922 g/mol. The highest BCUT2D eigenvalue weighted by Crippen LogP contribution is 2.54. The highest BCUT2D eigenvalue weighted by molar-refractivity contribution is 6.74. The van der Waals surface area contributed by atoms with Crippen molar-refractivity contribution in [2.45, 2.75) is 65.2 Å². The highest BCUT2D eigenvalue weighted by atomic mass is 16.6. The lowest BCUT2D eigenvalue weighted by molar-refractivity contribution is 0.332. The number of hydrogen-bond acceptors (Lipinski definition) is 6. The molecule has 0 saturated carbocycles. The topological polar surface area (TPSA) is 60.0 Å². The van der Waals surface area contributed by atoms with Gasteiger partial charge in [0.2, 0.25) is 0 Å². The van der Waals surface area contributed by atoms with Gasteiger partial charge in [0.05, 0.1) is 5.69 Å². The largest absolute Gasteiger partial charge is 0.455 e. The third-order valence-corrected chi connectivity index (χ3v) is 15.8. The Morgan fingerprint density at radius 2 is 1.14 bits per heavy atom. The molecular formula is C64H51BN2O4. The first-order chi connectivity index (χ1) is 34.5. The van der Waals surface area contributed by atoms with Gasteiger partial charge >= 0.3 is 0 Å². The molecule has 9 aromatic carbocycles. The number of rotatable bonds is 5. The third kappa shape index (κ3) is 6.41. The quantitative estimate of drug-likeness (QED) is 0.174. The molecule has 6 nitrogen and oxygen atoms in total. The Balaban J connectivity index is 1.09. The molecule has 0 amide bonds. The van der Waals surface area contributed by atoms with Crippen LogP contribution in [0.1, 0.15) is 62.8 Å². The Kier molecular flexibility index (Phi) is 8.93. The van der Waals surface area contributed by atoms with Gasteiger partial charge in [0.1, 0.15) is 16.7 Å². The predicted octanol–water partition coefficient (Wildman–Crippen LogP) is 16.6. The van der Waals surface area contributed by atoms with Crippen LogP contribution in [0.25, 0.3) is 66.1 Å². The summed E-state index contributed by atoms with van der Waals surface area (Å²) < 4.78 is 27.6. The van der Waals surface area contributed by atoms with E-state index in [2.05, 4.69) is 185 Å². The van der Waals surface area contributed by atoms with E-state index in [1.165, 1.54) is 22.3 Å². The van der Waals surface area contributed by atoms with Crippen molar-refractivity contribution in [2.24, 2.45) is 0 Å². The first-order valence-corrected chi connectivity index (χ1v) is 24.9. The average Bonchev–Trinajstić information content (AvgIpc) is 3.95. The summed E-state index contributed by atoms with van der Waals surface area (Å²) in [5, 5.41) is 8.27.